The van der Waals surface area contributed by atoms with Gasteiger partial charge < -0.3 is 18.9 Å². The number of imidazole rings is 1. The molecule has 1 aromatic carbocycles. The van der Waals surface area contributed by atoms with Gasteiger partial charge in [-0.15, -0.1) is 0 Å². The normalized spacial score (nSPS) is 25.1. The van der Waals surface area contributed by atoms with Gasteiger partial charge in [0.2, 0.25) is 0 Å². The Balaban J connectivity index is 2.10. The molecule has 1 saturated heterocycles. The standard InChI is InChI=1S/C19H20BrClN2O7/c1-8-5-14-13(6-12(8)21)22-19(20)23(14)18-17(30-11(4)26)16(29-10(3)25)15(7-27-18)28-9(2)24/h5-6,15-18H,7H2,1-4H3/t15-,16-,17-,18?/m1/s1/i2D,3D,4D. The second-order valence-corrected chi connectivity index (χ2v) is 7.62. The summed E-state index contributed by atoms with van der Waals surface area (Å²) in [6, 6.07) is 3.40. The van der Waals surface area contributed by atoms with Crippen molar-refractivity contribution in [1.82, 2.24) is 9.55 Å². The van der Waals surface area contributed by atoms with Crippen molar-refractivity contribution in [3.63, 3.8) is 0 Å². The molecule has 0 radical (unpaired) electrons. The van der Waals surface area contributed by atoms with Gasteiger partial charge in [-0.05, 0) is 40.5 Å². The van der Waals surface area contributed by atoms with Crippen LogP contribution in [0.5, 0.6) is 0 Å². The van der Waals surface area contributed by atoms with Gasteiger partial charge in [0.15, 0.2) is 29.3 Å². The zero-order chi connectivity index (χ0) is 24.3. The van der Waals surface area contributed by atoms with Gasteiger partial charge in [0.05, 0.1) is 17.6 Å². The van der Waals surface area contributed by atoms with Crippen molar-refractivity contribution in [2.24, 2.45) is 0 Å². The highest BCUT2D eigenvalue weighted by Crippen LogP contribution is 2.36. The molecule has 1 aliphatic rings. The summed E-state index contributed by atoms with van der Waals surface area (Å²) in [6.45, 7) is -0.606. The molecule has 2 aromatic rings. The predicted octanol–water partition coefficient (Wildman–Crippen LogP) is 3.08. The number of carbonyl (C=O) groups is 3. The molecule has 11 heteroatoms. The lowest BCUT2D eigenvalue weighted by Gasteiger charge is -2.41. The molecule has 162 valence electrons. The van der Waals surface area contributed by atoms with Crippen LogP contribution < -0.4 is 0 Å². The number of aromatic nitrogens is 2. The van der Waals surface area contributed by atoms with Crippen molar-refractivity contribution < 1.29 is 37.4 Å². The molecule has 0 spiro atoms. The lowest BCUT2D eigenvalue weighted by atomic mass is 10.0. The third kappa shape index (κ3) is 4.60. The van der Waals surface area contributed by atoms with E-state index in [0.29, 0.717) is 20.8 Å². The van der Waals surface area contributed by atoms with Crippen LogP contribution >= 0.6 is 27.5 Å². The first-order valence-corrected chi connectivity index (χ1v) is 9.78. The van der Waals surface area contributed by atoms with Crippen LogP contribution in [-0.4, -0.2) is 52.4 Å². The van der Waals surface area contributed by atoms with Gasteiger partial charge in [-0.3, -0.25) is 19.0 Å². The van der Waals surface area contributed by atoms with E-state index >= 15 is 0 Å². The Morgan fingerprint density at radius 2 is 1.80 bits per heavy atom. The van der Waals surface area contributed by atoms with E-state index in [2.05, 4.69) is 20.9 Å². The summed E-state index contributed by atoms with van der Waals surface area (Å²) < 4.78 is 45.4. The van der Waals surface area contributed by atoms with Gasteiger partial charge in [0, 0.05) is 29.8 Å². The number of fused-ring (bicyclic) bond motifs is 1. The zero-order valence-electron chi connectivity index (χ0n) is 18.8. The molecule has 0 amide bonds. The van der Waals surface area contributed by atoms with Crippen molar-refractivity contribution in [1.29, 1.82) is 0 Å². The summed E-state index contributed by atoms with van der Waals surface area (Å²) >= 11 is 9.56. The molecule has 0 aliphatic carbocycles. The summed E-state index contributed by atoms with van der Waals surface area (Å²) in [4.78, 5) is 40.2. The SMILES string of the molecule is [2H]CC(=O)O[C@@H]1[C@H](OC(=O)C[2H])COC(n2c(Br)nc3cc(Cl)c(C)cc32)[C@@H]1OC(=O)C[2H]. The van der Waals surface area contributed by atoms with E-state index in [1.807, 2.05) is 0 Å². The first kappa shape index (κ1) is 18.6. The molecule has 0 saturated carbocycles. The van der Waals surface area contributed by atoms with Crippen molar-refractivity contribution in [2.45, 2.75) is 52.2 Å². The Morgan fingerprint density at radius 3 is 2.47 bits per heavy atom. The van der Waals surface area contributed by atoms with Crippen LogP contribution in [-0.2, 0) is 33.3 Å². The molecule has 1 fully saturated rings. The minimum absolute atomic E-state index is 0.264. The maximum Gasteiger partial charge on any atom is 0.303 e. The fourth-order valence-electron chi connectivity index (χ4n) is 3.25. The van der Waals surface area contributed by atoms with Crippen molar-refractivity contribution >= 4 is 56.5 Å². The van der Waals surface area contributed by atoms with Crippen LogP contribution in [0.3, 0.4) is 0 Å². The highest BCUT2D eigenvalue weighted by Gasteiger charge is 2.48. The van der Waals surface area contributed by atoms with E-state index in [1.165, 1.54) is 0 Å². The summed E-state index contributed by atoms with van der Waals surface area (Å²) in [5.41, 5.74) is 1.81. The van der Waals surface area contributed by atoms with Crippen LogP contribution in [0.2, 0.25) is 5.02 Å². The van der Waals surface area contributed by atoms with Gasteiger partial charge in [-0.25, -0.2) is 4.98 Å². The number of rotatable bonds is 4. The van der Waals surface area contributed by atoms with Crippen LogP contribution in [0.15, 0.2) is 16.9 Å². The van der Waals surface area contributed by atoms with E-state index in [-0.39, 0.29) is 6.61 Å². The van der Waals surface area contributed by atoms with Crippen LogP contribution in [0, 0.1) is 6.92 Å². The zero-order valence-corrected chi connectivity index (χ0v) is 18.1. The predicted molar refractivity (Wildman–Crippen MR) is 109 cm³/mol. The van der Waals surface area contributed by atoms with E-state index in [1.54, 1.807) is 23.6 Å². The molecule has 30 heavy (non-hydrogen) atoms. The van der Waals surface area contributed by atoms with Gasteiger partial charge >= 0.3 is 17.9 Å². The minimum atomic E-state index is -1.36. The molecule has 0 bridgehead atoms. The van der Waals surface area contributed by atoms with Gasteiger partial charge in [-0.1, -0.05) is 11.6 Å². The van der Waals surface area contributed by atoms with Crippen LogP contribution in [0.4, 0.5) is 0 Å². The summed E-state index contributed by atoms with van der Waals surface area (Å²) in [5.74, 6) is -2.79. The first-order chi connectivity index (χ1) is 15.7. The molecule has 1 unspecified atom stereocenters. The average molecular weight is 507 g/mol. The molecule has 3 rings (SSSR count). The number of ether oxygens (including phenoxy) is 4. The van der Waals surface area contributed by atoms with E-state index in [0.717, 1.165) is 5.56 Å². The number of benzene rings is 1. The minimum Gasteiger partial charge on any atom is -0.456 e. The smallest absolute Gasteiger partial charge is 0.303 e. The Hall–Kier alpha value is -2.17. The monoisotopic (exact) mass is 505 g/mol. The van der Waals surface area contributed by atoms with Crippen molar-refractivity contribution in [3.8, 4) is 0 Å². The van der Waals surface area contributed by atoms with E-state index in [4.69, 9.17) is 34.7 Å². The van der Waals surface area contributed by atoms with Crippen molar-refractivity contribution in [3.05, 3.63) is 27.5 Å². The number of halogens is 2. The molecule has 2 heterocycles. The quantitative estimate of drug-likeness (QED) is 0.460. The van der Waals surface area contributed by atoms with Crippen LogP contribution in [0.25, 0.3) is 11.0 Å². The number of carbonyl (C=O) groups excluding carboxylic acids is 3. The Morgan fingerprint density at radius 1 is 1.17 bits per heavy atom. The molecule has 1 aromatic heterocycles. The Kier molecular flexibility index (Phi) is 5.52. The van der Waals surface area contributed by atoms with Crippen molar-refractivity contribution in [2.75, 3.05) is 6.61 Å². The van der Waals surface area contributed by atoms with Gasteiger partial charge in [0.1, 0.15) is 0 Å². The average Bonchev–Trinajstić information content (AvgIpc) is 3.10. The number of aryl methyl sites for hydroxylation is 1. The first-order valence-electron chi connectivity index (χ1n) is 10.7. The molecule has 4 atom stereocenters. The second kappa shape index (κ2) is 8.91. The second-order valence-electron chi connectivity index (χ2n) is 6.50. The lowest BCUT2D eigenvalue weighted by Crippen LogP contribution is -2.55. The van der Waals surface area contributed by atoms with E-state index < -0.39 is 63.1 Å². The molecule has 0 N–H and O–H groups in total. The molecule has 9 nitrogen and oxygen atoms in total. The highest BCUT2D eigenvalue weighted by atomic mass is 79.9. The molecule has 1 aliphatic heterocycles. The Bertz CT molecular complexity index is 1070. The fourth-order valence-corrected chi connectivity index (χ4v) is 3.99. The molecular formula is C19H20BrClN2O7. The highest BCUT2D eigenvalue weighted by molar-refractivity contribution is 9.10. The lowest BCUT2D eigenvalue weighted by molar-refractivity contribution is -0.239. The number of hydrogen-bond donors (Lipinski definition) is 0. The largest absolute Gasteiger partial charge is 0.456 e. The number of esters is 3. The third-order valence-corrected chi connectivity index (χ3v) is 5.37. The summed E-state index contributed by atoms with van der Waals surface area (Å²) in [6.07, 6.45) is -5.02. The molecular weight excluding hydrogens is 484 g/mol. The third-order valence-electron chi connectivity index (χ3n) is 4.40. The number of nitrogens with zero attached hydrogens (tertiary/aromatic N) is 2. The fraction of sp³-hybridized carbons (Fsp3) is 0.474. The maximum absolute atomic E-state index is 12.1. The topological polar surface area (TPSA) is 106 Å². The van der Waals surface area contributed by atoms with Gasteiger partial charge in [-0.2, -0.15) is 0 Å². The summed E-state index contributed by atoms with van der Waals surface area (Å²) in [7, 11) is 0. The Labute approximate surface area is 189 Å². The summed E-state index contributed by atoms with van der Waals surface area (Å²) in [5, 5.41) is 0.492. The number of hydrogen-bond acceptors (Lipinski definition) is 8. The maximum atomic E-state index is 12.1. The van der Waals surface area contributed by atoms with Gasteiger partial charge in [0.25, 0.3) is 0 Å². The van der Waals surface area contributed by atoms with Crippen LogP contribution in [0.1, 0.15) is 36.6 Å². The van der Waals surface area contributed by atoms with E-state index in [9.17, 15) is 14.4 Å².